The van der Waals surface area contributed by atoms with Crippen LogP contribution in [0.25, 0.3) is 22.5 Å². The molecule has 6 rings (SSSR count). The molecular formula is C28H23FN4O3. The fourth-order valence-corrected chi connectivity index (χ4v) is 4.82. The zero-order chi connectivity index (χ0) is 24.5. The molecule has 180 valence electrons. The number of fused-ring (bicyclic) bond motifs is 1. The first-order valence-electron chi connectivity index (χ1n) is 11.9. The number of ether oxygens (including phenoxy) is 2. The van der Waals surface area contributed by atoms with Gasteiger partial charge in [-0.05, 0) is 49.2 Å². The number of piperidine rings is 1. The lowest BCUT2D eigenvalue weighted by Crippen LogP contribution is -2.39. The molecule has 4 heterocycles. The number of hydrogen-bond acceptors (Lipinski definition) is 6. The normalized spacial score (nSPS) is 16.7. The predicted octanol–water partition coefficient (Wildman–Crippen LogP) is 5.09. The summed E-state index contributed by atoms with van der Waals surface area (Å²) in [6.45, 7) is 1.27. The molecular weight excluding hydrogens is 459 g/mol. The first-order chi connectivity index (χ1) is 17.7. The largest absolute Gasteiger partial charge is 0.454 e. The van der Waals surface area contributed by atoms with Gasteiger partial charge in [-0.3, -0.25) is 9.78 Å². The molecule has 1 amide bonds. The van der Waals surface area contributed by atoms with E-state index in [2.05, 4.69) is 9.97 Å². The molecule has 2 aromatic heterocycles. The van der Waals surface area contributed by atoms with Crippen molar-refractivity contribution in [2.45, 2.75) is 18.8 Å². The molecule has 0 N–H and O–H groups in total. The van der Waals surface area contributed by atoms with Crippen molar-refractivity contribution in [3.63, 3.8) is 0 Å². The number of hydrogen-bond donors (Lipinski definition) is 0. The molecule has 0 aliphatic carbocycles. The number of carbonyl (C=O) groups is 1. The van der Waals surface area contributed by atoms with Crippen LogP contribution in [-0.4, -0.2) is 45.6 Å². The second-order valence-electron chi connectivity index (χ2n) is 8.87. The maximum atomic E-state index is 14.8. The van der Waals surface area contributed by atoms with E-state index in [4.69, 9.17) is 14.5 Å². The Hall–Kier alpha value is -4.33. The summed E-state index contributed by atoms with van der Waals surface area (Å²) in [5, 5.41) is 0. The van der Waals surface area contributed by atoms with Crippen molar-refractivity contribution in [1.29, 1.82) is 0 Å². The Balaban J connectivity index is 1.36. The van der Waals surface area contributed by atoms with Gasteiger partial charge in [0.25, 0.3) is 5.91 Å². The maximum Gasteiger partial charge on any atom is 0.254 e. The average molecular weight is 483 g/mol. The standard InChI is InChI=1S/C28H23FN4O3/c29-23-8-2-1-7-21(23)22-15-31-27(19-5-3-11-30-14-19)32-26(22)20-6-4-12-33(16-20)28(34)18-9-10-24-25(13-18)36-17-35-24/h1-3,5,7-11,13-15,20H,4,6,12,16-17H2. The van der Waals surface area contributed by atoms with E-state index in [9.17, 15) is 9.18 Å². The molecule has 8 heteroatoms. The Kier molecular flexibility index (Phi) is 5.77. The molecule has 1 saturated heterocycles. The third-order valence-electron chi connectivity index (χ3n) is 6.62. The summed E-state index contributed by atoms with van der Waals surface area (Å²) < 4.78 is 25.6. The number of nitrogens with zero attached hydrogens (tertiary/aromatic N) is 4. The predicted molar refractivity (Wildman–Crippen MR) is 131 cm³/mol. The molecule has 1 unspecified atom stereocenters. The number of carbonyl (C=O) groups excluding carboxylic acids is 1. The summed E-state index contributed by atoms with van der Waals surface area (Å²) in [6.07, 6.45) is 6.72. The maximum absolute atomic E-state index is 14.8. The minimum atomic E-state index is -0.333. The van der Waals surface area contributed by atoms with Crippen LogP contribution in [0.2, 0.25) is 0 Å². The molecule has 0 saturated carbocycles. The first-order valence-corrected chi connectivity index (χ1v) is 11.9. The second-order valence-corrected chi connectivity index (χ2v) is 8.87. The molecule has 0 radical (unpaired) electrons. The highest BCUT2D eigenvalue weighted by molar-refractivity contribution is 5.95. The van der Waals surface area contributed by atoms with Gasteiger partial charge in [-0.15, -0.1) is 0 Å². The van der Waals surface area contributed by atoms with Crippen LogP contribution < -0.4 is 9.47 Å². The molecule has 7 nitrogen and oxygen atoms in total. The number of pyridine rings is 1. The van der Waals surface area contributed by atoms with Gasteiger partial charge in [0.1, 0.15) is 5.82 Å². The van der Waals surface area contributed by atoms with Crippen molar-refractivity contribution in [3.8, 4) is 34.0 Å². The second kappa shape index (κ2) is 9.37. The summed E-state index contributed by atoms with van der Waals surface area (Å²) in [6, 6.07) is 15.6. The van der Waals surface area contributed by atoms with E-state index >= 15 is 0 Å². The highest BCUT2D eigenvalue weighted by atomic mass is 19.1. The van der Waals surface area contributed by atoms with Crippen molar-refractivity contribution in [1.82, 2.24) is 19.9 Å². The van der Waals surface area contributed by atoms with Gasteiger partial charge >= 0.3 is 0 Å². The van der Waals surface area contributed by atoms with Gasteiger partial charge < -0.3 is 14.4 Å². The van der Waals surface area contributed by atoms with Gasteiger partial charge in [-0.1, -0.05) is 18.2 Å². The summed E-state index contributed by atoms with van der Waals surface area (Å²) in [5.74, 6) is 1.25. The Morgan fingerprint density at radius 2 is 1.89 bits per heavy atom. The molecule has 0 bridgehead atoms. The lowest BCUT2D eigenvalue weighted by atomic mass is 9.89. The Labute approximate surface area is 207 Å². The van der Waals surface area contributed by atoms with Crippen LogP contribution >= 0.6 is 0 Å². The topological polar surface area (TPSA) is 77.4 Å². The number of aromatic nitrogens is 3. The van der Waals surface area contributed by atoms with Crippen LogP contribution in [-0.2, 0) is 0 Å². The number of amides is 1. The monoisotopic (exact) mass is 482 g/mol. The molecule has 2 aromatic carbocycles. The number of likely N-dealkylation sites (tertiary alicyclic amines) is 1. The number of rotatable bonds is 4. The van der Waals surface area contributed by atoms with Gasteiger partial charge in [-0.25, -0.2) is 14.4 Å². The van der Waals surface area contributed by atoms with Gasteiger partial charge in [0.15, 0.2) is 17.3 Å². The van der Waals surface area contributed by atoms with Crippen LogP contribution in [0.1, 0.15) is 34.8 Å². The van der Waals surface area contributed by atoms with E-state index in [1.54, 1.807) is 55.0 Å². The highest BCUT2D eigenvalue weighted by Crippen LogP contribution is 2.37. The minimum Gasteiger partial charge on any atom is -0.454 e. The summed E-state index contributed by atoms with van der Waals surface area (Å²) in [4.78, 5) is 28.9. The van der Waals surface area contributed by atoms with Crippen LogP contribution in [0.5, 0.6) is 11.5 Å². The zero-order valence-corrected chi connectivity index (χ0v) is 19.4. The van der Waals surface area contributed by atoms with E-state index in [1.165, 1.54) is 6.07 Å². The first kappa shape index (κ1) is 22.2. The van der Waals surface area contributed by atoms with Crippen molar-refractivity contribution >= 4 is 5.91 Å². The van der Waals surface area contributed by atoms with Crippen molar-refractivity contribution in [2.75, 3.05) is 19.9 Å². The lowest BCUT2D eigenvalue weighted by Gasteiger charge is -2.33. The van der Waals surface area contributed by atoms with Crippen LogP contribution in [0.4, 0.5) is 4.39 Å². The van der Waals surface area contributed by atoms with Crippen molar-refractivity contribution in [3.05, 3.63) is 90.3 Å². The van der Waals surface area contributed by atoms with Crippen LogP contribution in [0, 0.1) is 5.82 Å². The van der Waals surface area contributed by atoms with Crippen LogP contribution in [0.3, 0.4) is 0 Å². The molecule has 0 spiro atoms. The quantitative estimate of drug-likeness (QED) is 0.403. The fourth-order valence-electron chi connectivity index (χ4n) is 4.82. The minimum absolute atomic E-state index is 0.0769. The third kappa shape index (κ3) is 4.15. The van der Waals surface area contributed by atoms with Crippen molar-refractivity contribution < 1.29 is 18.7 Å². The van der Waals surface area contributed by atoms with E-state index in [1.807, 2.05) is 17.0 Å². The van der Waals surface area contributed by atoms with E-state index in [-0.39, 0.29) is 24.4 Å². The van der Waals surface area contributed by atoms with Crippen molar-refractivity contribution in [2.24, 2.45) is 0 Å². The Bertz CT molecular complexity index is 1430. The van der Waals surface area contributed by atoms with E-state index < -0.39 is 0 Å². The molecule has 2 aliphatic rings. The summed E-state index contributed by atoms with van der Waals surface area (Å²) in [5.41, 5.74) is 3.15. The zero-order valence-electron chi connectivity index (χ0n) is 19.4. The van der Waals surface area contributed by atoms with Crippen LogP contribution in [0.15, 0.2) is 73.2 Å². The summed E-state index contributed by atoms with van der Waals surface area (Å²) >= 11 is 0. The lowest BCUT2D eigenvalue weighted by molar-refractivity contribution is 0.0705. The molecule has 2 aliphatic heterocycles. The SMILES string of the molecule is O=C(c1ccc2c(c1)OCO2)N1CCCC(c2nc(-c3cccnc3)ncc2-c2ccccc2F)C1. The smallest absolute Gasteiger partial charge is 0.254 e. The summed E-state index contributed by atoms with van der Waals surface area (Å²) in [7, 11) is 0. The number of benzene rings is 2. The molecule has 1 fully saturated rings. The highest BCUT2D eigenvalue weighted by Gasteiger charge is 2.30. The average Bonchev–Trinajstić information content (AvgIpc) is 3.41. The van der Waals surface area contributed by atoms with Gasteiger partial charge in [0.05, 0.1) is 5.69 Å². The van der Waals surface area contributed by atoms with Gasteiger partial charge in [-0.2, -0.15) is 0 Å². The third-order valence-corrected chi connectivity index (χ3v) is 6.62. The van der Waals surface area contributed by atoms with Gasteiger partial charge in [0, 0.05) is 59.9 Å². The fraction of sp³-hybridized carbons (Fsp3) is 0.214. The molecule has 36 heavy (non-hydrogen) atoms. The van der Waals surface area contributed by atoms with E-state index in [0.717, 1.165) is 24.1 Å². The van der Waals surface area contributed by atoms with E-state index in [0.29, 0.717) is 47.1 Å². The molecule has 1 atom stereocenters. The number of halogens is 1. The van der Waals surface area contributed by atoms with Gasteiger partial charge in [0.2, 0.25) is 6.79 Å². The Morgan fingerprint density at radius 3 is 2.75 bits per heavy atom. The molecule has 4 aromatic rings. The Morgan fingerprint density at radius 1 is 1.00 bits per heavy atom.